The number of halogens is 3. The smallest absolute Gasteiger partial charge is 0.225 e. The average molecular weight is 499 g/mol. The van der Waals surface area contributed by atoms with Gasteiger partial charge in [-0.05, 0) is 50.3 Å². The van der Waals surface area contributed by atoms with Crippen molar-refractivity contribution in [3.05, 3.63) is 43.5 Å². The van der Waals surface area contributed by atoms with Gasteiger partial charge in [0.15, 0.2) is 0 Å². The molecule has 9 heteroatoms. The Morgan fingerprint density at radius 2 is 1.77 bits per heavy atom. The van der Waals surface area contributed by atoms with Gasteiger partial charge < -0.3 is 15.5 Å². The molecule has 5 nitrogen and oxygen atoms in total. The Morgan fingerprint density at radius 1 is 1.03 bits per heavy atom. The summed E-state index contributed by atoms with van der Waals surface area (Å²) in [7, 11) is 4.03. The summed E-state index contributed by atoms with van der Waals surface area (Å²) in [5.74, 6) is 2.31. The maximum atomic E-state index is 6.23. The summed E-state index contributed by atoms with van der Waals surface area (Å²) in [5, 5.41) is 9.20. The van der Waals surface area contributed by atoms with Crippen molar-refractivity contribution in [3.63, 3.8) is 0 Å². The van der Waals surface area contributed by atoms with E-state index >= 15 is 0 Å². The second-order valence-corrected chi connectivity index (χ2v) is 10.7. The predicted octanol–water partition coefficient (Wildman–Crippen LogP) is 6.48. The summed E-state index contributed by atoms with van der Waals surface area (Å²) < 4.78 is 0.559. The van der Waals surface area contributed by atoms with Crippen LogP contribution in [0.5, 0.6) is 0 Å². The van der Waals surface area contributed by atoms with E-state index < -0.39 is 0 Å². The second kappa shape index (κ2) is 10.1. The lowest BCUT2D eigenvalue weighted by atomic mass is 9.86. The molecule has 2 heterocycles. The molecule has 1 aliphatic carbocycles. The van der Waals surface area contributed by atoms with Gasteiger partial charge in [0, 0.05) is 36.9 Å². The highest BCUT2D eigenvalue weighted by Gasteiger charge is 2.22. The molecule has 0 amide bonds. The summed E-state index contributed by atoms with van der Waals surface area (Å²) in [4.78, 5) is 12.5. The van der Waals surface area contributed by atoms with Crippen LogP contribution in [-0.4, -0.2) is 36.6 Å². The zero-order chi connectivity index (χ0) is 22.0. The van der Waals surface area contributed by atoms with Gasteiger partial charge in [-0.15, -0.1) is 11.3 Å². The van der Waals surface area contributed by atoms with E-state index in [2.05, 4.69) is 16.7 Å². The second-order valence-electron chi connectivity index (χ2n) is 8.20. The van der Waals surface area contributed by atoms with Gasteiger partial charge in [0.25, 0.3) is 0 Å². The lowest BCUT2D eigenvalue weighted by Crippen LogP contribution is -2.31. The highest BCUT2D eigenvalue weighted by molar-refractivity contribution is 7.17. The van der Waals surface area contributed by atoms with Crippen LogP contribution >= 0.6 is 46.1 Å². The molecule has 2 aromatic heterocycles. The van der Waals surface area contributed by atoms with Gasteiger partial charge in [-0.1, -0.05) is 46.9 Å². The molecular weight excluding hydrogens is 473 g/mol. The Balaban J connectivity index is 1.30. The van der Waals surface area contributed by atoms with Crippen molar-refractivity contribution in [2.24, 2.45) is 5.92 Å². The number of anilines is 2. The first-order valence-electron chi connectivity index (χ1n) is 10.5. The van der Waals surface area contributed by atoms with Crippen LogP contribution in [0.4, 0.5) is 11.8 Å². The van der Waals surface area contributed by atoms with E-state index in [0.717, 1.165) is 41.0 Å². The number of aromatic nitrogens is 2. The number of nitrogens with zero attached hydrogens (tertiary/aromatic N) is 3. The maximum Gasteiger partial charge on any atom is 0.225 e. The number of benzene rings is 1. The Hall–Kier alpha value is -1.31. The number of nitrogens with one attached hydrogen (secondary N) is 2. The highest BCUT2D eigenvalue weighted by atomic mass is 35.5. The third-order valence-electron chi connectivity index (χ3n) is 5.73. The molecule has 1 aromatic carbocycles. The van der Waals surface area contributed by atoms with Gasteiger partial charge in [-0.3, -0.25) is 0 Å². The third-order valence-corrected chi connectivity index (χ3v) is 8.34. The van der Waals surface area contributed by atoms with Crippen LogP contribution < -0.4 is 15.5 Å². The summed E-state index contributed by atoms with van der Waals surface area (Å²) in [6, 6.07) is 8.55. The summed E-state index contributed by atoms with van der Waals surface area (Å²) in [6.45, 7) is 1.67. The van der Waals surface area contributed by atoms with E-state index in [1.54, 1.807) is 0 Å². The molecular formula is C22H26Cl3N5S. The Morgan fingerprint density at radius 3 is 2.45 bits per heavy atom. The van der Waals surface area contributed by atoms with E-state index in [-0.39, 0.29) is 0 Å². The van der Waals surface area contributed by atoms with Crippen LogP contribution in [0, 0.1) is 5.92 Å². The number of rotatable bonds is 7. The molecule has 0 saturated heterocycles. The van der Waals surface area contributed by atoms with Gasteiger partial charge in [-0.25, -0.2) is 4.98 Å². The first-order chi connectivity index (χ1) is 14.9. The van der Waals surface area contributed by atoms with Crippen LogP contribution in [0.25, 0.3) is 10.9 Å². The molecule has 0 radical (unpaired) electrons. The fraction of sp³-hybridized carbons (Fsp3) is 0.455. The van der Waals surface area contributed by atoms with Crippen LogP contribution in [-0.2, 0) is 6.54 Å². The molecule has 2 N–H and O–H groups in total. The molecule has 31 heavy (non-hydrogen) atoms. The average Bonchev–Trinajstić information content (AvgIpc) is 3.01. The number of para-hydroxylation sites is 1. The molecule has 0 unspecified atom stereocenters. The van der Waals surface area contributed by atoms with Crippen molar-refractivity contribution in [3.8, 4) is 0 Å². The summed E-state index contributed by atoms with van der Waals surface area (Å²) in [6.07, 6.45) is 4.55. The van der Waals surface area contributed by atoms with Crippen LogP contribution in [0.15, 0.2) is 24.3 Å². The van der Waals surface area contributed by atoms with Crippen molar-refractivity contribution in [2.45, 2.75) is 38.3 Å². The Kier molecular flexibility index (Phi) is 7.44. The Bertz CT molecular complexity index is 1050. The highest BCUT2D eigenvalue weighted by Crippen LogP contribution is 2.40. The zero-order valence-corrected chi connectivity index (χ0v) is 20.7. The third kappa shape index (κ3) is 5.37. The zero-order valence-electron chi connectivity index (χ0n) is 17.6. The van der Waals surface area contributed by atoms with E-state index in [1.165, 1.54) is 24.2 Å². The molecule has 1 aliphatic rings. The van der Waals surface area contributed by atoms with Gasteiger partial charge in [0.2, 0.25) is 5.95 Å². The Labute approximate surface area is 202 Å². The largest absolute Gasteiger partial charge is 0.362 e. The fourth-order valence-corrected chi connectivity index (χ4v) is 5.88. The minimum Gasteiger partial charge on any atom is -0.362 e. The molecule has 1 saturated carbocycles. The first kappa shape index (κ1) is 22.9. The number of fused-ring (bicyclic) bond motifs is 1. The quantitative estimate of drug-likeness (QED) is 0.390. The van der Waals surface area contributed by atoms with Gasteiger partial charge in [0.1, 0.15) is 10.2 Å². The van der Waals surface area contributed by atoms with Crippen molar-refractivity contribution in [2.75, 3.05) is 30.9 Å². The molecule has 0 bridgehead atoms. The van der Waals surface area contributed by atoms with E-state index in [1.807, 2.05) is 37.2 Å². The number of hydrogen-bond acceptors (Lipinski definition) is 6. The summed E-state index contributed by atoms with van der Waals surface area (Å²) >= 11 is 19.8. The fourth-order valence-electron chi connectivity index (χ4n) is 4.07. The van der Waals surface area contributed by atoms with E-state index in [9.17, 15) is 0 Å². The van der Waals surface area contributed by atoms with Crippen LogP contribution in [0.3, 0.4) is 0 Å². The van der Waals surface area contributed by atoms with E-state index in [4.69, 9.17) is 44.8 Å². The molecule has 166 valence electrons. The summed E-state index contributed by atoms with van der Waals surface area (Å²) in [5.41, 5.74) is 0.967. The number of hydrogen-bond donors (Lipinski definition) is 2. The molecule has 0 atom stereocenters. The minimum atomic E-state index is 0.400. The predicted molar refractivity (Wildman–Crippen MR) is 134 cm³/mol. The minimum absolute atomic E-state index is 0.400. The first-order valence-corrected chi connectivity index (χ1v) is 12.4. The molecule has 3 aromatic rings. The van der Waals surface area contributed by atoms with Crippen LogP contribution in [0.1, 0.15) is 30.6 Å². The normalized spacial score (nSPS) is 19.0. The molecule has 0 aliphatic heterocycles. The standard InChI is InChI=1S/C22H26Cl3N5S/c1-30(2)21-15-5-3-4-6-16(15)28-22(29-21)27-14-9-7-13(8-10-14)11-26-12-17-18(23)19(24)20(25)31-17/h3-6,13-14,26H,7-12H2,1-2H3,(H,27,28,29). The maximum absolute atomic E-state index is 6.23. The van der Waals surface area contributed by atoms with Gasteiger partial charge in [-0.2, -0.15) is 4.98 Å². The van der Waals surface area contributed by atoms with Crippen molar-refractivity contribution >= 4 is 68.8 Å². The van der Waals surface area contributed by atoms with E-state index in [0.29, 0.717) is 38.8 Å². The molecule has 0 spiro atoms. The molecule has 4 rings (SSSR count). The van der Waals surface area contributed by atoms with Gasteiger partial charge >= 0.3 is 0 Å². The molecule has 1 fully saturated rings. The van der Waals surface area contributed by atoms with Crippen molar-refractivity contribution in [1.29, 1.82) is 0 Å². The van der Waals surface area contributed by atoms with Crippen molar-refractivity contribution in [1.82, 2.24) is 15.3 Å². The SMILES string of the molecule is CN(C)c1nc(NC2CCC(CNCc3sc(Cl)c(Cl)c3Cl)CC2)nc2ccccc12. The lowest BCUT2D eigenvalue weighted by Gasteiger charge is -2.29. The van der Waals surface area contributed by atoms with Crippen molar-refractivity contribution < 1.29 is 0 Å². The van der Waals surface area contributed by atoms with Gasteiger partial charge in [0.05, 0.1) is 15.6 Å². The monoisotopic (exact) mass is 497 g/mol. The number of thiophene rings is 1. The topological polar surface area (TPSA) is 53.1 Å². The lowest BCUT2D eigenvalue weighted by molar-refractivity contribution is 0.324. The van der Waals surface area contributed by atoms with Crippen LogP contribution in [0.2, 0.25) is 14.4 Å².